The molecule has 0 spiro atoms. The molecule has 4 atom stereocenters. The third kappa shape index (κ3) is 8.02. The van der Waals surface area contributed by atoms with E-state index in [1.165, 1.54) is 0 Å². The van der Waals surface area contributed by atoms with Crippen LogP contribution in [0.15, 0.2) is 36.5 Å². The summed E-state index contributed by atoms with van der Waals surface area (Å²) in [4.78, 5) is 10.5. The zero-order chi connectivity index (χ0) is 20.4. The molecule has 154 valence electrons. The van der Waals surface area contributed by atoms with E-state index in [1.54, 1.807) is 0 Å². The normalized spacial score (nSPS) is 24.9. The smallest absolute Gasteiger partial charge is 0.303 e. The highest BCUT2D eigenvalue weighted by Crippen LogP contribution is 2.40. The van der Waals surface area contributed by atoms with Crippen LogP contribution in [0.4, 0.5) is 0 Å². The Labute approximate surface area is 164 Å². The van der Waals surface area contributed by atoms with Crippen LogP contribution in [0.3, 0.4) is 0 Å². The predicted molar refractivity (Wildman–Crippen MR) is 110 cm³/mol. The Kier molecular flexibility index (Phi) is 10.0. The van der Waals surface area contributed by atoms with Crippen LogP contribution < -0.4 is 0 Å². The number of carboxylic acids is 1. The van der Waals surface area contributed by atoms with Gasteiger partial charge in [-0.15, -0.1) is 0 Å². The van der Waals surface area contributed by atoms with E-state index in [1.807, 2.05) is 18.2 Å². The van der Waals surface area contributed by atoms with Crippen LogP contribution in [0.1, 0.15) is 72.1 Å². The zero-order valence-electron chi connectivity index (χ0n) is 17.2. The van der Waals surface area contributed by atoms with E-state index >= 15 is 0 Å². The first-order valence-electron chi connectivity index (χ1n) is 10.3. The second-order valence-electron chi connectivity index (χ2n) is 8.53. The molecule has 0 amide bonds. The largest absolute Gasteiger partial charge is 0.481 e. The van der Waals surface area contributed by atoms with E-state index in [0.29, 0.717) is 12.8 Å². The molecule has 1 saturated carbocycles. The molecule has 0 aliphatic heterocycles. The zero-order valence-corrected chi connectivity index (χ0v) is 17.2. The summed E-state index contributed by atoms with van der Waals surface area (Å²) in [5.41, 5.74) is 0.874. The Morgan fingerprint density at radius 2 is 2.04 bits per heavy atom. The van der Waals surface area contributed by atoms with Gasteiger partial charge in [0.05, 0.1) is 12.2 Å². The van der Waals surface area contributed by atoms with Crippen molar-refractivity contribution in [2.75, 3.05) is 0 Å². The molecule has 0 saturated heterocycles. The third-order valence-electron chi connectivity index (χ3n) is 5.71. The number of allylic oxidation sites excluding steroid dienone is 2. The van der Waals surface area contributed by atoms with Crippen LogP contribution in [0, 0.1) is 17.3 Å². The fraction of sp³-hybridized carbons (Fsp3) is 0.696. The maximum absolute atomic E-state index is 10.6. The van der Waals surface area contributed by atoms with E-state index in [-0.39, 0.29) is 23.7 Å². The molecule has 0 radical (unpaired) electrons. The number of hydrogen-bond donors (Lipinski definition) is 3. The number of rotatable bonds is 12. The fourth-order valence-corrected chi connectivity index (χ4v) is 3.69. The first-order valence-corrected chi connectivity index (χ1v) is 10.3. The van der Waals surface area contributed by atoms with Crippen LogP contribution in [0.2, 0.25) is 0 Å². The number of aliphatic hydroxyl groups is 2. The Bertz CT molecular complexity index is 532. The summed E-state index contributed by atoms with van der Waals surface area (Å²) in [7, 11) is 0. The Morgan fingerprint density at radius 3 is 2.67 bits per heavy atom. The van der Waals surface area contributed by atoms with Crippen molar-refractivity contribution in [3.63, 3.8) is 0 Å². The van der Waals surface area contributed by atoms with Crippen LogP contribution in [-0.4, -0.2) is 33.5 Å². The molecule has 0 bridgehead atoms. The Hall–Kier alpha value is -1.39. The lowest BCUT2D eigenvalue weighted by atomic mass is 9.80. The van der Waals surface area contributed by atoms with Gasteiger partial charge < -0.3 is 15.3 Å². The summed E-state index contributed by atoms with van der Waals surface area (Å²) in [5, 5.41) is 29.6. The predicted octanol–water partition coefficient (Wildman–Crippen LogP) is 4.87. The summed E-state index contributed by atoms with van der Waals surface area (Å²) >= 11 is 0. The number of aliphatic carboxylic acids is 1. The standard InChI is InChI=1S/C23H38O4/c1-5-6-15-23(3,4)21(25)14-13-19-18(17(2)16-20(19)24)11-9-7-8-10-12-22(26)27/h7,9,13-14,18-21,24-25H,2,5-6,8,10-12,15-16H2,1,3-4H3,(H,26,27)/b9-7-,14-13+/t18-,19+,20-,21-/m0/s1. The van der Waals surface area contributed by atoms with Gasteiger partial charge in [-0.25, -0.2) is 0 Å². The van der Waals surface area contributed by atoms with Gasteiger partial charge in [0, 0.05) is 12.3 Å². The Balaban J connectivity index is 2.63. The van der Waals surface area contributed by atoms with E-state index in [9.17, 15) is 15.0 Å². The highest BCUT2D eigenvalue weighted by molar-refractivity contribution is 5.66. The lowest BCUT2D eigenvalue weighted by Gasteiger charge is -2.29. The van der Waals surface area contributed by atoms with E-state index in [2.05, 4.69) is 33.4 Å². The monoisotopic (exact) mass is 378 g/mol. The van der Waals surface area contributed by atoms with Crippen molar-refractivity contribution in [1.29, 1.82) is 0 Å². The summed E-state index contributed by atoms with van der Waals surface area (Å²) < 4.78 is 0. The summed E-state index contributed by atoms with van der Waals surface area (Å²) in [5.74, 6) is -0.628. The van der Waals surface area contributed by atoms with E-state index in [4.69, 9.17) is 5.11 Å². The average Bonchev–Trinajstić information content (AvgIpc) is 2.86. The number of carboxylic acid groups (broad SMARTS) is 1. The summed E-state index contributed by atoms with van der Waals surface area (Å²) in [6.45, 7) is 10.4. The number of unbranched alkanes of at least 4 members (excludes halogenated alkanes) is 2. The number of hydrogen-bond acceptors (Lipinski definition) is 3. The molecule has 4 nitrogen and oxygen atoms in total. The summed E-state index contributed by atoms with van der Waals surface area (Å²) in [6.07, 6.45) is 13.1. The maximum atomic E-state index is 10.6. The molecule has 3 N–H and O–H groups in total. The minimum atomic E-state index is -0.763. The van der Waals surface area contributed by atoms with Crippen LogP contribution in [0.25, 0.3) is 0 Å². The number of carbonyl (C=O) groups is 1. The SMILES string of the molecule is C=C1C[C@H](O)[C@H](/C=C/[C@H](O)C(C)(C)CCCC)[C@H]1C/C=C\CCCC(=O)O. The molecule has 1 fully saturated rings. The molecule has 1 aliphatic rings. The van der Waals surface area contributed by atoms with Gasteiger partial charge in [0.1, 0.15) is 0 Å². The van der Waals surface area contributed by atoms with Crippen LogP contribution in [-0.2, 0) is 4.79 Å². The van der Waals surface area contributed by atoms with Crippen molar-refractivity contribution in [3.05, 3.63) is 36.5 Å². The highest BCUT2D eigenvalue weighted by Gasteiger charge is 2.35. The first kappa shape index (κ1) is 23.6. The second-order valence-corrected chi connectivity index (χ2v) is 8.53. The van der Waals surface area contributed by atoms with Crippen molar-refractivity contribution in [1.82, 2.24) is 0 Å². The van der Waals surface area contributed by atoms with Gasteiger partial charge in [-0.1, -0.05) is 70.1 Å². The van der Waals surface area contributed by atoms with Crippen molar-refractivity contribution >= 4 is 5.97 Å². The minimum absolute atomic E-state index is 0.0298. The van der Waals surface area contributed by atoms with Gasteiger partial charge in [0.15, 0.2) is 0 Å². The van der Waals surface area contributed by atoms with Gasteiger partial charge in [0.25, 0.3) is 0 Å². The Morgan fingerprint density at radius 1 is 1.33 bits per heavy atom. The lowest BCUT2D eigenvalue weighted by molar-refractivity contribution is -0.137. The first-order chi connectivity index (χ1) is 12.7. The molecule has 0 unspecified atom stereocenters. The average molecular weight is 379 g/mol. The number of aliphatic hydroxyl groups excluding tert-OH is 2. The molecule has 1 rings (SSSR count). The summed E-state index contributed by atoms with van der Waals surface area (Å²) in [6, 6.07) is 0. The van der Waals surface area contributed by atoms with E-state index in [0.717, 1.165) is 37.7 Å². The van der Waals surface area contributed by atoms with Gasteiger partial charge in [-0.05, 0) is 43.4 Å². The highest BCUT2D eigenvalue weighted by atomic mass is 16.4. The minimum Gasteiger partial charge on any atom is -0.481 e. The molecule has 0 aromatic carbocycles. The van der Waals surface area contributed by atoms with Gasteiger partial charge >= 0.3 is 5.97 Å². The van der Waals surface area contributed by atoms with Crippen molar-refractivity contribution in [3.8, 4) is 0 Å². The molecule has 27 heavy (non-hydrogen) atoms. The molecular weight excluding hydrogens is 340 g/mol. The molecule has 0 heterocycles. The van der Waals surface area contributed by atoms with Crippen molar-refractivity contribution < 1.29 is 20.1 Å². The van der Waals surface area contributed by atoms with Crippen LogP contribution >= 0.6 is 0 Å². The van der Waals surface area contributed by atoms with Crippen molar-refractivity contribution in [2.45, 2.75) is 84.3 Å². The molecule has 0 aromatic rings. The van der Waals surface area contributed by atoms with Gasteiger partial charge in [-0.2, -0.15) is 0 Å². The van der Waals surface area contributed by atoms with Crippen molar-refractivity contribution in [2.24, 2.45) is 17.3 Å². The van der Waals surface area contributed by atoms with Gasteiger partial charge in [-0.3, -0.25) is 4.79 Å². The third-order valence-corrected chi connectivity index (χ3v) is 5.71. The van der Waals surface area contributed by atoms with Gasteiger partial charge in [0.2, 0.25) is 0 Å². The fourth-order valence-electron chi connectivity index (χ4n) is 3.69. The lowest BCUT2D eigenvalue weighted by Crippen LogP contribution is -2.28. The second kappa shape index (κ2) is 11.5. The topological polar surface area (TPSA) is 77.8 Å². The molecule has 4 heteroatoms. The molecular formula is C23H38O4. The quantitative estimate of drug-likeness (QED) is 0.334. The maximum Gasteiger partial charge on any atom is 0.303 e. The molecule has 0 aromatic heterocycles. The van der Waals surface area contributed by atoms with Crippen LogP contribution in [0.5, 0.6) is 0 Å². The molecule has 1 aliphatic carbocycles. The van der Waals surface area contributed by atoms with E-state index < -0.39 is 18.2 Å².